The Morgan fingerprint density at radius 3 is 2.42 bits per heavy atom. The maximum Gasteiger partial charge on any atom is 0.255 e. The van der Waals surface area contributed by atoms with Gasteiger partial charge in [-0.05, 0) is 37.1 Å². The third-order valence-corrected chi connectivity index (χ3v) is 3.52. The zero-order valence-corrected chi connectivity index (χ0v) is 11.2. The lowest BCUT2D eigenvalue weighted by atomic mass is 10.0. The summed E-state index contributed by atoms with van der Waals surface area (Å²) in [5.74, 6) is -0.758. The Labute approximate surface area is 109 Å². The van der Waals surface area contributed by atoms with Gasteiger partial charge in [0.25, 0.3) is 12.3 Å². The van der Waals surface area contributed by atoms with Crippen LogP contribution in [0.25, 0.3) is 0 Å². The van der Waals surface area contributed by atoms with Crippen molar-refractivity contribution >= 4 is 15.9 Å². The summed E-state index contributed by atoms with van der Waals surface area (Å²) in [4.78, 5) is 11.5. The highest BCUT2D eigenvalue weighted by molar-refractivity contribution is 7.89. The van der Waals surface area contributed by atoms with Crippen molar-refractivity contribution in [1.29, 1.82) is 0 Å². The number of nitrogens with one attached hydrogen (secondary N) is 1. The molecule has 0 aliphatic heterocycles. The summed E-state index contributed by atoms with van der Waals surface area (Å²) in [5.41, 5.74) is 1.07. The first-order valence-electron chi connectivity index (χ1n) is 5.33. The number of carbonyl (C=O) groups excluding carboxylic acids is 1. The van der Waals surface area contributed by atoms with Crippen molar-refractivity contribution in [1.82, 2.24) is 5.32 Å². The van der Waals surface area contributed by atoms with Crippen LogP contribution in [-0.2, 0) is 10.0 Å². The maximum absolute atomic E-state index is 12.0. The number of sulfonamides is 1. The highest BCUT2D eigenvalue weighted by Crippen LogP contribution is 2.19. The van der Waals surface area contributed by atoms with Crippen molar-refractivity contribution in [2.24, 2.45) is 5.14 Å². The van der Waals surface area contributed by atoms with Gasteiger partial charge in [-0.2, -0.15) is 0 Å². The molecule has 8 heteroatoms. The fraction of sp³-hybridized carbons (Fsp3) is 0.364. The van der Waals surface area contributed by atoms with Gasteiger partial charge in [-0.1, -0.05) is 0 Å². The number of halogens is 2. The molecule has 5 nitrogen and oxygen atoms in total. The summed E-state index contributed by atoms with van der Waals surface area (Å²) in [7, 11) is -3.96. The minimum absolute atomic E-state index is 0.0182. The number of hydrogen-bond donors (Lipinski definition) is 2. The fourth-order valence-corrected chi connectivity index (χ4v) is 2.11. The van der Waals surface area contributed by atoms with Crippen LogP contribution in [0.4, 0.5) is 8.78 Å². The molecule has 1 amide bonds. The van der Waals surface area contributed by atoms with E-state index < -0.39 is 28.9 Å². The van der Waals surface area contributed by atoms with Gasteiger partial charge < -0.3 is 5.32 Å². The van der Waals surface area contributed by atoms with Crippen LogP contribution in [0.1, 0.15) is 21.5 Å². The van der Waals surface area contributed by atoms with E-state index in [0.29, 0.717) is 11.1 Å². The summed E-state index contributed by atoms with van der Waals surface area (Å²) in [5, 5.41) is 7.01. The van der Waals surface area contributed by atoms with Crippen molar-refractivity contribution in [2.45, 2.75) is 25.2 Å². The molecule has 1 aromatic rings. The predicted molar refractivity (Wildman–Crippen MR) is 65.6 cm³/mol. The van der Waals surface area contributed by atoms with Crippen LogP contribution in [-0.4, -0.2) is 27.3 Å². The molecule has 0 radical (unpaired) electrons. The molecule has 0 spiro atoms. The topological polar surface area (TPSA) is 89.3 Å². The van der Waals surface area contributed by atoms with Gasteiger partial charge in [0.2, 0.25) is 10.0 Å². The number of rotatable bonds is 4. The molecule has 0 heterocycles. The van der Waals surface area contributed by atoms with Gasteiger partial charge >= 0.3 is 0 Å². The number of amides is 1. The first-order chi connectivity index (χ1) is 8.62. The Morgan fingerprint density at radius 1 is 1.37 bits per heavy atom. The Bertz CT molecular complexity index is 600. The molecule has 0 unspecified atom stereocenters. The number of alkyl halides is 2. The zero-order chi connectivity index (χ0) is 14.8. The van der Waals surface area contributed by atoms with Crippen LogP contribution in [0.2, 0.25) is 0 Å². The van der Waals surface area contributed by atoms with Gasteiger partial charge in [0.15, 0.2) is 0 Å². The maximum atomic E-state index is 12.0. The summed E-state index contributed by atoms with van der Waals surface area (Å²) >= 11 is 0. The summed E-state index contributed by atoms with van der Waals surface area (Å²) in [6, 6.07) is 2.41. The van der Waals surface area contributed by atoms with Crippen LogP contribution >= 0.6 is 0 Å². The zero-order valence-electron chi connectivity index (χ0n) is 10.4. The highest BCUT2D eigenvalue weighted by atomic mass is 32.2. The van der Waals surface area contributed by atoms with Gasteiger partial charge in [0.05, 0.1) is 11.4 Å². The largest absolute Gasteiger partial charge is 0.346 e. The van der Waals surface area contributed by atoms with Crippen molar-refractivity contribution in [3.63, 3.8) is 0 Å². The van der Waals surface area contributed by atoms with Crippen LogP contribution in [0.15, 0.2) is 17.0 Å². The van der Waals surface area contributed by atoms with E-state index in [2.05, 4.69) is 0 Å². The Kier molecular flexibility index (Phi) is 4.59. The molecule has 106 valence electrons. The first kappa shape index (κ1) is 15.5. The number of primary sulfonamides is 1. The molecule has 0 aromatic heterocycles. The molecule has 0 atom stereocenters. The van der Waals surface area contributed by atoms with Gasteiger partial charge in [-0.15, -0.1) is 0 Å². The second kappa shape index (κ2) is 5.62. The van der Waals surface area contributed by atoms with E-state index in [-0.39, 0.29) is 10.5 Å². The van der Waals surface area contributed by atoms with E-state index in [9.17, 15) is 22.0 Å². The van der Waals surface area contributed by atoms with E-state index in [4.69, 9.17) is 5.14 Å². The SMILES string of the molecule is Cc1cc(S(N)(=O)=O)cc(C(=O)NCC(F)F)c1C. The molecule has 0 aliphatic carbocycles. The molecule has 1 aromatic carbocycles. The fourth-order valence-electron chi connectivity index (χ4n) is 1.49. The molecule has 0 bridgehead atoms. The van der Waals surface area contributed by atoms with Gasteiger partial charge in [0, 0.05) is 5.56 Å². The highest BCUT2D eigenvalue weighted by Gasteiger charge is 2.17. The lowest BCUT2D eigenvalue weighted by Gasteiger charge is -2.11. The van der Waals surface area contributed by atoms with Crippen LogP contribution < -0.4 is 10.5 Å². The number of aryl methyl sites for hydroxylation is 1. The number of benzene rings is 1. The van der Waals surface area contributed by atoms with Crippen molar-refractivity contribution in [3.8, 4) is 0 Å². The predicted octanol–water partition coefficient (Wildman–Crippen LogP) is 0.946. The van der Waals surface area contributed by atoms with Crippen LogP contribution in [0.3, 0.4) is 0 Å². The van der Waals surface area contributed by atoms with Gasteiger partial charge in [-0.25, -0.2) is 22.3 Å². The minimum Gasteiger partial charge on any atom is -0.346 e. The Hall–Kier alpha value is -1.54. The molecule has 0 aliphatic rings. The summed E-state index contributed by atoms with van der Waals surface area (Å²) in [6.45, 7) is 2.41. The second-order valence-electron chi connectivity index (χ2n) is 4.06. The third-order valence-electron chi connectivity index (χ3n) is 2.63. The third kappa shape index (κ3) is 3.97. The molecular formula is C11H14F2N2O3S. The van der Waals surface area contributed by atoms with Gasteiger partial charge in [-0.3, -0.25) is 4.79 Å². The standard InChI is InChI=1S/C11H14F2N2O3S/c1-6-3-8(19(14,17)18)4-9(7(6)2)11(16)15-5-10(12)13/h3-4,10H,5H2,1-2H3,(H,15,16)(H2,14,17,18). The Balaban J connectivity index is 3.20. The second-order valence-corrected chi connectivity index (χ2v) is 5.62. The number of nitrogens with two attached hydrogens (primary N) is 1. The number of carbonyl (C=O) groups is 1. The average molecular weight is 292 g/mol. The summed E-state index contributed by atoms with van der Waals surface area (Å²) < 4.78 is 46.6. The number of hydrogen-bond acceptors (Lipinski definition) is 3. The first-order valence-corrected chi connectivity index (χ1v) is 6.88. The molecule has 0 fully saturated rings. The van der Waals surface area contributed by atoms with Crippen molar-refractivity contribution in [2.75, 3.05) is 6.54 Å². The molecular weight excluding hydrogens is 278 g/mol. The van der Waals surface area contributed by atoms with Crippen LogP contribution in [0.5, 0.6) is 0 Å². The normalized spacial score (nSPS) is 11.7. The summed E-state index contributed by atoms with van der Waals surface area (Å²) in [6.07, 6.45) is -2.67. The molecule has 0 saturated carbocycles. The van der Waals surface area contributed by atoms with Gasteiger partial charge in [0.1, 0.15) is 0 Å². The molecule has 3 N–H and O–H groups in total. The van der Waals surface area contributed by atoms with Crippen molar-refractivity contribution < 1.29 is 22.0 Å². The molecule has 0 saturated heterocycles. The van der Waals surface area contributed by atoms with Crippen LogP contribution in [0, 0.1) is 13.8 Å². The average Bonchev–Trinajstić information content (AvgIpc) is 2.27. The van der Waals surface area contributed by atoms with E-state index >= 15 is 0 Å². The van der Waals surface area contributed by atoms with E-state index in [1.807, 2.05) is 5.32 Å². The lowest BCUT2D eigenvalue weighted by Crippen LogP contribution is -2.29. The molecule has 1 rings (SSSR count). The van der Waals surface area contributed by atoms with Crippen molar-refractivity contribution in [3.05, 3.63) is 28.8 Å². The minimum atomic E-state index is -3.96. The smallest absolute Gasteiger partial charge is 0.255 e. The Morgan fingerprint density at radius 2 is 1.95 bits per heavy atom. The van der Waals surface area contributed by atoms with E-state index in [1.165, 1.54) is 6.07 Å². The van der Waals surface area contributed by atoms with E-state index in [0.717, 1.165) is 6.07 Å². The molecule has 19 heavy (non-hydrogen) atoms. The quantitative estimate of drug-likeness (QED) is 0.865. The monoisotopic (exact) mass is 292 g/mol. The van der Waals surface area contributed by atoms with E-state index in [1.54, 1.807) is 13.8 Å². The lowest BCUT2D eigenvalue weighted by molar-refractivity contribution is 0.0891.